The molecule has 0 saturated heterocycles. The van der Waals surface area contributed by atoms with E-state index in [-0.39, 0.29) is 6.61 Å². The van der Waals surface area contributed by atoms with Crippen LogP contribution in [0.1, 0.15) is 17.1 Å². The molecule has 3 aromatic heterocycles. The van der Waals surface area contributed by atoms with E-state index >= 15 is 0 Å². The number of aromatic nitrogens is 4. The zero-order valence-electron chi connectivity index (χ0n) is 17.9. The van der Waals surface area contributed by atoms with Crippen LogP contribution in [0.4, 0.5) is 23.7 Å². The number of pyridine rings is 1. The topological polar surface area (TPSA) is 96.5 Å². The number of hydrogen-bond donors (Lipinski definition) is 3. The second-order valence-electron chi connectivity index (χ2n) is 7.33. The van der Waals surface area contributed by atoms with Crippen molar-refractivity contribution in [1.29, 1.82) is 0 Å². The highest BCUT2D eigenvalue weighted by molar-refractivity contribution is 5.90. The summed E-state index contributed by atoms with van der Waals surface area (Å²) in [7, 11) is 1.77. The molecule has 0 saturated carbocycles. The molecule has 0 unspecified atom stereocenters. The number of aliphatic hydroxyl groups excluding tert-OH is 1. The Hall–Kier alpha value is -4.30. The first kappa shape index (κ1) is 22.9. The zero-order chi connectivity index (χ0) is 24.3. The lowest BCUT2D eigenvalue weighted by molar-refractivity contribution is -0.122. The lowest BCUT2D eigenvalue weighted by Gasteiger charge is -2.10. The van der Waals surface area contributed by atoms with Crippen LogP contribution in [0, 0.1) is 11.8 Å². The number of carbonyl (C=O) groups is 1. The van der Waals surface area contributed by atoms with Gasteiger partial charge >= 0.3 is 12.2 Å². The van der Waals surface area contributed by atoms with Crippen molar-refractivity contribution in [3.63, 3.8) is 0 Å². The highest BCUT2D eigenvalue weighted by atomic mass is 19.4. The van der Waals surface area contributed by atoms with Gasteiger partial charge in [0.05, 0.1) is 30.4 Å². The van der Waals surface area contributed by atoms with Gasteiger partial charge in [-0.1, -0.05) is 18.1 Å². The molecule has 174 valence electrons. The fourth-order valence-corrected chi connectivity index (χ4v) is 3.22. The maximum Gasteiger partial charge on any atom is 0.405 e. The molecule has 3 heterocycles. The summed E-state index contributed by atoms with van der Waals surface area (Å²) in [5.74, 6) is 6.52. The van der Waals surface area contributed by atoms with E-state index in [1.54, 1.807) is 65.9 Å². The number of nitrogens with zero attached hydrogens (tertiary/aromatic N) is 4. The van der Waals surface area contributed by atoms with Crippen molar-refractivity contribution in [2.45, 2.75) is 12.8 Å². The van der Waals surface area contributed by atoms with Crippen molar-refractivity contribution in [1.82, 2.24) is 24.3 Å². The Bertz CT molecular complexity index is 1410. The van der Waals surface area contributed by atoms with Gasteiger partial charge in [0.1, 0.15) is 12.2 Å². The number of anilines is 1. The first-order valence-electron chi connectivity index (χ1n) is 10.1. The molecule has 0 aliphatic rings. The van der Waals surface area contributed by atoms with Gasteiger partial charge in [-0.25, -0.2) is 14.8 Å². The van der Waals surface area contributed by atoms with Crippen LogP contribution in [0.2, 0.25) is 0 Å². The van der Waals surface area contributed by atoms with Crippen molar-refractivity contribution in [2.75, 3.05) is 11.9 Å². The average Bonchev–Trinajstić information content (AvgIpc) is 3.38. The fraction of sp³-hybridized carbons (Fsp3) is 0.174. The van der Waals surface area contributed by atoms with E-state index in [0.29, 0.717) is 28.4 Å². The summed E-state index contributed by atoms with van der Waals surface area (Å²) < 4.78 is 40.4. The third-order valence-electron chi connectivity index (χ3n) is 4.94. The van der Waals surface area contributed by atoms with Crippen molar-refractivity contribution in [3.05, 3.63) is 72.1 Å². The van der Waals surface area contributed by atoms with Gasteiger partial charge in [0.15, 0.2) is 5.82 Å². The van der Waals surface area contributed by atoms with E-state index in [0.717, 1.165) is 11.3 Å². The number of aliphatic hydroxyl groups is 1. The number of imidazole rings is 2. The molecule has 0 radical (unpaired) electrons. The largest absolute Gasteiger partial charge is 0.405 e. The van der Waals surface area contributed by atoms with Crippen LogP contribution >= 0.6 is 0 Å². The summed E-state index contributed by atoms with van der Waals surface area (Å²) in [6, 6.07) is 9.37. The monoisotopic (exact) mass is 468 g/mol. The third-order valence-corrected chi connectivity index (χ3v) is 4.94. The van der Waals surface area contributed by atoms with Crippen LogP contribution in [0.5, 0.6) is 0 Å². The molecule has 1 aromatic carbocycles. The van der Waals surface area contributed by atoms with Crippen molar-refractivity contribution in [3.8, 4) is 23.1 Å². The quantitative estimate of drug-likeness (QED) is 0.401. The Labute approximate surface area is 192 Å². The Balaban J connectivity index is 1.54. The second kappa shape index (κ2) is 9.29. The van der Waals surface area contributed by atoms with Gasteiger partial charge in [0.25, 0.3) is 0 Å². The normalized spacial score (nSPS) is 11.2. The molecular formula is C23H19F3N6O2. The molecule has 0 aliphatic heterocycles. The summed E-state index contributed by atoms with van der Waals surface area (Å²) in [6.07, 6.45) is 0.534. The van der Waals surface area contributed by atoms with Gasteiger partial charge < -0.3 is 20.3 Å². The average molecular weight is 468 g/mol. The zero-order valence-corrected chi connectivity index (χ0v) is 17.9. The predicted octanol–water partition coefficient (Wildman–Crippen LogP) is 3.31. The number of benzene rings is 1. The lowest BCUT2D eigenvalue weighted by Crippen LogP contribution is -2.36. The second-order valence-corrected chi connectivity index (χ2v) is 7.33. The molecular weight excluding hydrogens is 449 g/mol. The molecule has 0 bridgehead atoms. The van der Waals surface area contributed by atoms with E-state index in [1.807, 2.05) is 10.5 Å². The number of amides is 2. The molecule has 0 aliphatic carbocycles. The Morgan fingerprint density at radius 1 is 1.15 bits per heavy atom. The van der Waals surface area contributed by atoms with Crippen molar-refractivity contribution >= 4 is 17.4 Å². The van der Waals surface area contributed by atoms with E-state index < -0.39 is 18.8 Å². The molecule has 4 rings (SSSR count). The maximum atomic E-state index is 12.3. The summed E-state index contributed by atoms with van der Waals surface area (Å²) in [5, 5.41) is 13.4. The van der Waals surface area contributed by atoms with Gasteiger partial charge in [-0.3, -0.25) is 4.40 Å². The van der Waals surface area contributed by atoms with Gasteiger partial charge in [-0.15, -0.1) is 0 Å². The van der Waals surface area contributed by atoms with Crippen LogP contribution in [0.25, 0.3) is 16.9 Å². The number of alkyl halides is 3. The standard InChI is InChI=1S/C23H19F3N6O2/c1-31-18(13-33)11-27-20(31)6-5-15-7-8-32-19(12-28-21(32)9-15)16-3-2-4-17(10-16)30-22(34)29-14-23(24,25)26/h2-4,7-12,33H,13-14H2,1H3,(H2,29,30,34). The SMILES string of the molecule is Cn1c(CO)cnc1C#Cc1ccn2c(-c3cccc(NC(=O)NCC(F)(F)F)c3)cnc2c1. The Morgan fingerprint density at radius 2 is 1.97 bits per heavy atom. The first-order valence-corrected chi connectivity index (χ1v) is 10.1. The molecule has 3 N–H and O–H groups in total. The predicted molar refractivity (Wildman–Crippen MR) is 119 cm³/mol. The molecule has 34 heavy (non-hydrogen) atoms. The Kier molecular flexibility index (Phi) is 6.25. The molecule has 8 nitrogen and oxygen atoms in total. The fourth-order valence-electron chi connectivity index (χ4n) is 3.22. The van der Waals surface area contributed by atoms with Gasteiger partial charge in [-0.05, 0) is 30.2 Å². The van der Waals surface area contributed by atoms with Gasteiger partial charge in [-0.2, -0.15) is 13.2 Å². The summed E-state index contributed by atoms with van der Waals surface area (Å²) in [4.78, 5) is 20.3. The molecule has 2 amide bonds. The highest BCUT2D eigenvalue weighted by Gasteiger charge is 2.27. The van der Waals surface area contributed by atoms with Gasteiger partial charge in [0, 0.05) is 30.1 Å². The molecule has 0 fully saturated rings. The molecule has 11 heteroatoms. The minimum absolute atomic E-state index is 0.122. The lowest BCUT2D eigenvalue weighted by atomic mass is 10.1. The third kappa shape index (κ3) is 5.19. The molecule has 0 atom stereocenters. The minimum Gasteiger partial charge on any atom is -0.390 e. The highest BCUT2D eigenvalue weighted by Crippen LogP contribution is 2.24. The molecule has 0 spiro atoms. The minimum atomic E-state index is -4.49. The summed E-state index contributed by atoms with van der Waals surface area (Å²) in [5.41, 5.74) is 3.79. The van der Waals surface area contributed by atoms with Crippen LogP contribution in [0.15, 0.2) is 55.0 Å². The van der Waals surface area contributed by atoms with Crippen LogP contribution in [-0.2, 0) is 13.7 Å². The number of urea groups is 1. The van der Waals surface area contributed by atoms with E-state index in [2.05, 4.69) is 27.1 Å². The van der Waals surface area contributed by atoms with Gasteiger partial charge in [0.2, 0.25) is 0 Å². The van der Waals surface area contributed by atoms with E-state index in [4.69, 9.17) is 0 Å². The van der Waals surface area contributed by atoms with Crippen molar-refractivity contribution < 1.29 is 23.1 Å². The first-order chi connectivity index (χ1) is 16.2. The summed E-state index contributed by atoms with van der Waals surface area (Å²) >= 11 is 0. The number of fused-ring (bicyclic) bond motifs is 1. The number of nitrogens with one attached hydrogen (secondary N) is 2. The smallest absolute Gasteiger partial charge is 0.390 e. The van der Waals surface area contributed by atoms with E-state index in [9.17, 15) is 23.1 Å². The van der Waals surface area contributed by atoms with Crippen molar-refractivity contribution in [2.24, 2.45) is 7.05 Å². The number of rotatable bonds is 4. The maximum absolute atomic E-state index is 12.3. The van der Waals surface area contributed by atoms with Crippen LogP contribution in [-0.4, -0.2) is 42.8 Å². The number of carbonyl (C=O) groups excluding carboxylic acids is 1. The number of hydrogen-bond acceptors (Lipinski definition) is 4. The van der Waals surface area contributed by atoms with E-state index in [1.165, 1.54) is 0 Å². The molecule has 4 aromatic rings. The summed E-state index contributed by atoms with van der Waals surface area (Å²) in [6.45, 7) is -1.54. The number of halogens is 3. The Morgan fingerprint density at radius 3 is 2.71 bits per heavy atom. The van der Waals surface area contributed by atoms with Crippen LogP contribution in [0.3, 0.4) is 0 Å². The van der Waals surface area contributed by atoms with Crippen LogP contribution < -0.4 is 10.6 Å².